The molecule has 3 unspecified atom stereocenters. The van der Waals surface area contributed by atoms with Crippen molar-refractivity contribution in [2.75, 3.05) is 38.8 Å². The third kappa shape index (κ3) is 43.7. The molecule has 0 saturated heterocycles. The average Bonchev–Trinajstić information content (AvgIpc) is 3.20. The van der Waals surface area contributed by atoms with Gasteiger partial charge in [-0.05, 0) is 65.0 Å². The van der Waals surface area contributed by atoms with Crippen LogP contribution in [0.3, 0.4) is 0 Å². The van der Waals surface area contributed by atoms with E-state index >= 15 is 0 Å². The van der Waals surface area contributed by atoms with Gasteiger partial charge in [0.25, 0.3) is 0 Å². The normalized spacial score (nSPS) is 13.5. The second-order valence-electron chi connectivity index (χ2n) is 17.3. The molecule has 0 amide bonds. The first-order valence-electron chi connectivity index (χ1n) is 25.0. The Labute approximate surface area is 365 Å². The van der Waals surface area contributed by atoms with Gasteiger partial charge in [0.05, 0.1) is 19.1 Å². The minimum Gasteiger partial charge on any atom is -0.466 e. The van der Waals surface area contributed by atoms with Gasteiger partial charge in [-0.1, -0.05) is 221 Å². The number of aliphatic hydroxyl groups excluding tert-OH is 1. The van der Waals surface area contributed by atoms with Crippen molar-refractivity contribution in [1.82, 2.24) is 4.90 Å². The molecule has 0 aliphatic rings. The Bertz CT molecular complexity index is 828. The Kier molecular flexibility index (Phi) is 46.7. The van der Waals surface area contributed by atoms with Gasteiger partial charge in [-0.3, -0.25) is 4.79 Å². The van der Waals surface area contributed by atoms with E-state index in [-0.39, 0.29) is 12.1 Å². The van der Waals surface area contributed by atoms with E-state index in [4.69, 9.17) is 9.47 Å². The molecule has 0 aromatic rings. The maximum atomic E-state index is 12.1. The van der Waals surface area contributed by atoms with Crippen molar-refractivity contribution >= 4 is 27.6 Å². The van der Waals surface area contributed by atoms with E-state index in [0.29, 0.717) is 25.4 Å². The molecule has 5 nitrogen and oxygen atoms in total. The largest absolute Gasteiger partial charge is 0.466 e. The first-order chi connectivity index (χ1) is 27.9. The summed E-state index contributed by atoms with van der Waals surface area (Å²) in [5.74, 6) is 1.95. The van der Waals surface area contributed by atoms with E-state index in [1.165, 1.54) is 186 Å². The minimum atomic E-state index is -0.726. The molecule has 0 aliphatic heterocycles. The first kappa shape index (κ1) is 56.8. The minimum absolute atomic E-state index is 0.110. The predicted octanol–water partition coefficient (Wildman–Crippen LogP) is 16.1. The molecule has 57 heavy (non-hydrogen) atoms. The number of unbranched alkanes of at least 4 members (excludes halogenated alkanes) is 25. The van der Waals surface area contributed by atoms with Crippen LogP contribution in [0.25, 0.3) is 0 Å². The van der Waals surface area contributed by atoms with E-state index < -0.39 is 6.29 Å². The number of aliphatic hydroxyl groups is 1. The van der Waals surface area contributed by atoms with Crippen LogP contribution in [0.5, 0.6) is 0 Å². The standard InChI is InChI=1S/C50H99NO4S2/c1-6-9-12-15-18-20-22-24-26-29-32-35-39-47(38-34-31-28-17-14-11-8-3)48(40-36-33-30-27-25-23-21-19-16-13-10-7-2)55-50(53)42-46-57-56-45-41-49(52)54-44-37-43-51(4)5/h28,31,47-48,50,53H,6-27,29-30,32-46H2,1-5H3/b31-28-. The Morgan fingerprint density at radius 1 is 0.544 bits per heavy atom. The van der Waals surface area contributed by atoms with E-state index in [1.54, 1.807) is 21.6 Å². The lowest BCUT2D eigenvalue weighted by molar-refractivity contribution is -0.155. The van der Waals surface area contributed by atoms with Gasteiger partial charge in [0.2, 0.25) is 0 Å². The molecular weight excluding hydrogens is 743 g/mol. The maximum Gasteiger partial charge on any atom is 0.306 e. The molecule has 340 valence electrons. The van der Waals surface area contributed by atoms with Gasteiger partial charge in [-0.25, -0.2) is 0 Å². The van der Waals surface area contributed by atoms with Gasteiger partial charge in [0, 0.05) is 24.5 Å². The molecular formula is C50H99NO4S2. The average molecular weight is 842 g/mol. The Morgan fingerprint density at radius 2 is 1.00 bits per heavy atom. The van der Waals surface area contributed by atoms with Crippen molar-refractivity contribution in [2.24, 2.45) is 5.92 Å². The number of allylic oxidation sites excluding steroid dienone is 2. The van der Waals surface area contributed by atoms with Crippen LogP contribution in [0, 0.1) is 5.92 Å². The summed E-state index contributed by atoms with van der Waals surface area (Å²) < 4.78 is 12.0. The predicted molar refractivity (Wildman–Crippen MR) is 257 cm³/mol. The number of ether oxygens (including phenoxy) is 2. The van der Waals surface area contributed by atoms with E-state index in [0.717, 1.165) is 43.7 Å². The van der Waals surface area contributed by atoms with Gasteiger partial charge < -0.3 is 19.5 Å². The lowest BCUT2D eigenvalue weighted by atomic mass is 9.87. The Morgan fingerprint density at radius 3 is 1.53 bits per heavy atom. The first-order valence-corrected chi connectivity index (χ1v) is 27.5. The van der Waals surface area contributed by atoms with Crippen LogP contribution in [0.2, 0.25) is 0 Å². The van der Waals surface area contributed by atoms with Crippen LogP contribution in [-0.4, -0.2) is 67.1 Å². The number of nitrogens with zero attached hydrogens (tertiary/aromatic N) is 1. The quantitative estimate of drug-likeness (QED) is 0.0215. The highest BCUT2D eigenvalue weighted by Crippen LogP contribution is 2.29. The Hall–Kier alpha value is -0.210. The van der Waals surface area contributed by atoms with Gasteiger partial charge >= 0.3 is 5.97 Å². The number of hydrogen-bond donors (Lipinski definition) is 1. The molecule has 0 fully saturated rings. The molecule has 3 atom stereocenters. The van der Waals surface area contributed by atoms with Crippen molar-refractivity contribution in [1.29, 1.82) is 0 Å². The maximum absolute atomic E-state index is 12.1. The lowest BCUT2D eigenvalue weighted by Crippen LogP contribution is -2.30. The molecule has 1 N–H and O–H groups in total. The molecule has 0 radical (unpaired) electrons. The zero-order valence-electron chi connectivity index (χ0n) is 38.9. The third-order valence-corrected chi connectivity index (χ3v) is 13.8. The fourth-order valence-electron chi connectivity index (χ4n) is 7.72. The highest BCUT2D eigenvalue weighted by atomic mass is 33.1. The molecule has 0 bridgehead atoms. The number of carbonyl (C=O) groups is 1. The van der Waals surface area contributed by atoms with Crippen LogP contribution >= 0.6 is 21.6 Å². The third-order valence-electron chi connectivity index (χ3n) is 11.4. The second-order valence-corrected chi connectivity index (χ2v) is 20.1. The lowest BCUT2D eigenvalue weighted by Gasteiger charge is -2.30. The summed E-state index contributed by atoms with van der Waals surface area (Å²) in [6, 6.07) is 0. The molecule has 0 heterocycles. The zero-order chi connectivity index (χ0) is 41.7. The van der Waals surface area contributed by atoms with Crippen molar-refractivity contribution in [3.05, 3.63) is 12.2 Å². The molecule has 0 rings (SSSR count). The summed E-state index contributed by atoms with van der Waals surface area (Å²) in [6.07, 6.45) is 48.7. The molecule has 0 aliphatic carbocycles. The number of esters is 1. The molecule has 0 aromatic carbocycles. The smallest absolute Gasteiger partial charge is 0.306 e. The summed E-state index contributed by atoms with van der Waals surface area (Å²) in [4.78, 5) is 14.2. The SMILES string of the molecule is CCCCC/C=C\CCC(CCCCCCCCCCCCCC)C(CCCCCCCCCCCCCC)OC(O)CCSSCCC(=O)OCCCN(C)C. The molecule has 0 spiro atoms. The van der Waals surface area contributed by atoms with E-state index in [1.807, 2.05) is 14.1 Å². The summed E-state index contributed by atoms with van der Waals surface area (Å²) in [7, 11) is 7.51. The van der Waals surface area contributed by atoms with Gasteiger partial charge in [0.15, 0.2) is 6.29 Å². The van der Waals surface area contributed by atoms with Gasteiger partial charge in [0.1, 0.15) is 0 Å². The van der Waals surface area contributed by atoms with E-state index in [2.05, 4.69) is 37.8 Å². The molecule has 0 saturated carbocycles. The summed E-state index contributed by atoms with van der Waals surface area (Å²) in [6.45, 7) is 8.30. The fourth-order valence-corrected chi connectivity index (χ4v) is 9.75. The van der Waals surface area contributed by atoms with Crippen molar-refractivity contribution < 1.29 is 19.4 Å². The van der Waals surface area contributed by atoms with Crippen LogP contribution in [0.4, 0.5) is 0 Å². The van der Waals surface area contributed by atoms with Crippen molar-refractivity contribution in [3.8, 4) is 0 Å². The summed E-state index contributed by atoms with van der Waals surface area (Å²) in [5.41, 5.74) is 0. The van der Waals surface area contributed by atoms with Crippen molar-refractivity contribution in [2.45, 2.75) is 258 Å². The Balaban J connectivity index is 5.00. The van der Waals surface area contributed by atoms with Gasteiger partial charge in [-0.15, -0.1) is 0 Å². The fraction of sp³-hybridized carbons (Fsp3) is 0.940. The van der Waals surface area contributed by atoms with Gasteiger partial charge in [-0.2, -0.15) is 0 Å². The second kappa shape index (κ2) is 46.8. The van der Waals surface area contributed by atoms with Crippen LogP contribution in [0.1, 0.15) is 245 Å². The monoisotopic (exact) mass is 842 g/mol. The van der Waals surface area contributed by atoms with Crippen LogP contribution in [0.15, 0.2) is 12.2 Å². The summed E-state index contributed by atoms with van der Waals surface area (Å²) >= 11 is 0. The highest BCUT2D eigenvalue weighted by Gasteiger charge is 2.24. The number of hydrogen-bond acceptors (Lipinski definition) is 7. The van der Waals surface area contributed by atoms with Crippen LogP contribution < -0.4 is 0 Å². The summed E-state index contributed by atoms with van der Waals surface area (Å²) in [5, 5.41) is 11.2. The van der Waals surface area contributed by atoms with E-state index in [9.17, 15) is 9.90 Å². The van der Waals surface area contributed by atoms with Crippen molar-refractivity contribution in [3.63, 3.8) is 0 Å². The number of rotatable bonds is 47. The molecule has 0 aromatic heterocycles. The number of carbonyl (C=O) groups excluding carboxylic acids is 1. The molecule has 7 heteroatoms. The highest BCUT2D eigenvalue weighted by molar-refractivity contribution is 8.76. The topological polar surface area (TPSA) is 59.0 Å². The van der Waals surface area contributed by atoms with Crippen LogP contribution in [-0.2, 0) is 14.3 Å². The zero-order valence-corrected chi connectivity index (χ0v) is 40.5.